The molecule has 0 nitrogen and oxygen atoms in total. The quantitative estimate of drug-likeness (QED) is 0.496. The van der Waals surface area contributed by atoms with Crippen molar-refractivity contribution in [1.82, 2.24) is 0 Å². The molecule has 2 aromatic carbocycles. The molecule has 0 fully saturated rings. The summed E-state index contributed by atoms with van der Waals surface area (Å²) in [6.45, 7) is 0. The van der Waals surface area contributed by atoms with Crippen molar-refractivity contribution in [3.63, 3.8) is 0 Å². The third-order valence-electron chi connectivity index (χ3n) is 2.22. The van der Waals surface area contributed by atoms with Crippen LogP contribution in [0.1, 0.15) is 0 Å². The van der Waals surface area contributed by atoms with E-state index in [1.54, 1.807) is 0 Å². The van der Waals surface area contributed by atoms with Crippen LogP contribution >= 0.6 is 11.3 Å². The highest BCUT2D eigenvalue weighted by Crippen LogP contribution is 2.32. The summed E-state index contributed by atoms with van der Waals surface area (Å²) < 4.78 is 2.68. The predicted molar refractivity (Wildman–Crippen MR) is 58.2 cm³/mol. The van der Waals surface area contributed by atoms with E-state index in [1.807, 2.05) is 17.4 Å². The second kappa shape index (κ2) is 2.57. The van der Waals surface area contributed by atoms with Gasteiger partial charge >= 0.3 is 0 Å². The molecule has 0 aliphatic rings. The number of fused-ring (bicyclic) bond motifs is 3. The Morgan fingerprint density at radius 3 is 2.77 bits per heavy atom. The van der Waals surface area contributed by atoms with E-state index in [9.17, 15) is 0 Å². The Labute approximate surface area is 80.4 Å². The second-order valence-electron chi connectivity index (χ2n) is 3.02. The van der Waals surface area contributed by atoms with Crippen LogP contribution in [0.25, 0.3) is 20.2 Å². The number of thiophene rings is 1. The lowest BCUT2D eigenvalue weighted by Gasteiger charge is -1.87. The smallest absolute Gasteiger partial charge is 0.0361 e. The molecule has 0 bridgehead atoms. The molecule has 1 heterocycles. The highest BCUT2D eigenvalue weighted by atomic mass is 32.1. The van der Waals surface area contributed by atoms with E-state index >= 15 is 0 Å². The molecule has 0 amide bonds. The van der Waals surface area contributed by atoms with Gasteiger partial charge in [0.15, 0.2) is 0 Å². The zero-order valence-corrected chi connectivity index (χ0v) is 7.77. The van der Waals surface area contributed by atoms with Crippen LogP contribution < -0.4 is 0 Å². The van der Waals surface area contributed by atoms with Gasteiger partial charge < -0.3 is 0 Å². The van der Waals surface area contributed by atoms with Crippen molar-refractivity contribution in [2.45, 2.75) is 0 Å². The van der Waals surface area contributed by atoms with Crippen LogP contribution in [0.2, 0.25) is 0 Å². The average molecular weight is 183 g/mol. The van der Waals surface area contributed by atoms with E-state index in [4.69, 9.17) is 0 Å². The Balaban J connectivity index is 2.64. The third kappa shape index (κ3) is 0.973. The van der Waals surface area contributed by atoms with Gasteiger partial charge in [-0.1, -0.05) is 30.3 Å². The Hall–Kier alpha value is -1.34. The zero-order valence-electron chi connectivity index (χ0n) is 6.95. The minimum atomic E-state index is 1.32. The van der Waals surface area contributed by atoms with Gasteiger partial charge in [-0.05, 0) is 18.2 Å². The fraction of sp³-hybridized carbons (Fsp3) is 0. The van der Waals surface area contributed by atoms with Crippen molar-refractivity contribution in [1.29, 1.82) is 0 Å². The first-order valence-electron chi connectivity index (χ1n) is 4.22. The number of hydrogen-bond acceptors (Lipinski definition) is 1. The van der Waals surface area contributed by atoms with Gasteiger partial charge in [-0.3, -0.25) is 0 Å². The minimum Gasteiger partial charge on any atom is -0.135 e. The first-order valence-corrected chi connectivity index (χ1v) is 5.04. The van der Waals surface area contributed by atoms with Gasteiger partial charge in [-0.25, -0.2) is 0 Å². The van der Waals surface area contributed by atoms with E-state index in [1.165, 1.54) is 20.2 Å². The van der Waals surface area contributed by atoms with Crippen LogP contribution in [0, 0.1) is 6.07 Å². The van der Waals surface area contributed by atoms with Crippen LogP contribution in [-0.2, 0) is 0 Å². The molecule has 0 spiro atoms. The fourth-order valence-electron chi connectivity index (χ4n) is 1.62. The normalized spacial score (nSPS) is 11.1. The van der Waals surface area contributed by atoms with Gasteiger partial charge in [0.2, 0.25) is 0 Å². The van der Waals surface area contributed by atoms with Crippen molar-refractivity contribution in [3.8, 4) is 0 Å². The summed E-state index contributed by atoms with van der Waals surface area (Å²) in [7, 11) is 0. The zero-order chi connectivity index (χ0) is 8.67. The summed E-state index contributed by atoms with van der Waals surface area (Å²) in [4.78, 5) is 0. The van der Waals surface area contributed by atoms with Crippen molar-refractivity contribution >= 4 is 31.5 Å². The number of hydrogen-bond donors (Lipinski definition) is 0. The topological polar surface area (TPSA) is 0 Å². The van der Waals surface area contributed by atoms with E-state index in [0.717, 1.165) is 0 Å². The van der Waals surface area contributed by atoms with Gasteiger partial charge in [0.25, 0.3) is 0 Å². The monoisotopic (exact) mass is 183 g/mol. The highest BCUT2D eigenvalue weighted by Gasteiger charge is 2.01. The number of rotatable bonds is 0. The summed E-state index contributed by atoms with van der Waals surface area (Å²) in [6, 6.07) is 17.8. The van der Waals surface area contributed by atoms with Crippen LogP contribution in [0.5, 0.6) is 0 Å². The SMILES string of the molecule is [c]1ccc2c(c1)sc1ccccc12. The van der Waals surface area contributed by atoms with Crippen molar-refractivity contribution in [2.75, 3.05) is 0 Å². The molecule has 0 saturated carbocycles. The largest absolute Gasteiger partial charge is 0.135 e. The Morgan fingerprint density at radius 1 is 0.923 bits per heavy atom. The Morgan fingerprint density at radius 2 is 1.77 bits per heavy atom. The molecule has 61 valence electrons. The highest BCUT2D eigenvalue weighted by molar-refractivity contribution is 7.25. The molecule has 1 radical (unpaired) electrons. The summed E-state index contributed by atoms with van der Waals surface area (Å²) in [6.07, 6.45) is 0. The summed E-state index contributed by atoms with van der Waals surface area (Å²) in [5.74, 6) is 0. The molecule has 1 aromatic heterocycles. The van der Waals surface area contributed by atoms with Crippen LogP contribution in [0.4, 0.5) is 0 Å². The summed E-state index contributed by atoms with van der Waals surface area (Å²) in [5, 5.41) is 2.70. The number of benzene rings is 2. The standard InChI is InChI=1S/C12H7S/c1-3-7-11-9(5-1)10-6-2-4-8-12(10)13-11/h1-3,5-8H. The molecule has 0 N–H and O–H groups in total. The van der Waals surface area contributed by atoms with Crippen LogP contribution in [-0.4, -0.2) is 0 Å². The maximum Gasteiger partial charge on any atom is 0.0361 e. The lowest BCUT2D eigenvalue weighted by molar-refractivity contribution is 1.82. The lowest BCUT2D eigenvalue weighted by Crippen LogP contribution is -1.63. The molecule has 3 aromatic rings. The second-order valence-corrected chi connectivity index (χ2v) is 4.10. The molecule has 0 atom stereocenters. The van der Waals surface area contributed by atoms with E-state index in [0.29, 0.717) is 0 Å². The summed E-state index contributed by atoms with van der Waals surface area (Å²) >= 11 is 1.83. The minimum absolute atomic E-state index is 1.32. The predicted octanol–water partition coefficient (Wildman–Crippen LogP) is 3.85. The van der Waals surface area contributed by atoms with Crippen LogP contribution in [0.3, 0.4) is 0 Å². The first kappa shape index (κ1) is 7.10. The molecule has 0 saturated heterocycles. The Bertz CT molecular complexity index is 513. The molecular formula is C12H7S. The molecular weight excluding hydrogens is 176 g/mol. The maximum absolute atomic E-state index is 3.11. The van der Waals surface area contributed by atoms with Crippen molar-refractivity contribution < 1.29 is 0 Å². The average Bonchev–Trinajstić information content (AvgIpc) is 2.56. The van der Waals surface area contributed by atoms with Gasteiger partial charge in [0.05, 0.1) is 0 Å². The van der Waals surface area contributed by atoms with E-state index in [-0.39, 0.29) is 0 Å². The molecule has 0 aliphatic heterocycles. The first-order chi connectivity index (χ1) is 6.45. The van der Waals surface area contributed by atoms with Crippen molar-refractivity contribution in [3.05, 3.63) is 48.5 Å². The van der Waals surface area contributed by atoms with E-state index in [2.05, 4.69) is 42.5 Å². The molecule has 0 unspecified atom stereocenters. The lowest BCUT2D eigenvalue weighted by atomic mass is 10.2. The van der Waals surface area contributed by atoms with Gasteiger partial charge in [0.1, 0.15) is 0 Å². The maximum atomic E-state index is 3.11. The molecule has 3 rings (SSSR count). The molecule has 13 heavy (non-hydrogen) atoms. The van der Waals surface area contributed by atoms with Crippen LogP contribution in [0.15, 0.2) is 42.5 Å². The molecule has 1 heteroatoms. The Kier molecular flexibility index (Phi) is 1.41. The third-order valence-corrected chi connectivity index (χ3v) is 3.36. The van der Waals surface area contributed by atoms with Crippen molar-refractivity contribution in [2.24, 2.45) is 0 Å². The fourth-order valence-corrected chi connectivity index (χ4v) is 2.71. The van der Waals surface area contributed by atoms with Gasteiger partial charge in [0, 0.05) is 20.2 Å². The summed E-state index contributed by atoms with van der Waals surface area (Å²) in [5.41, 5.74) is 0. The van der Waals surface area contributed by atoms with Gasteiger partial charge in [-0.2, -0.15) is 0 Å². The van der Waals surface area contributed by atoms with E-state index < -0.39 is 0 Å². The van der Waals surface area contributed by atoms with Gasteiger partial charge in [-0.15, -0.1) is 11.3 Å². The molecule has 0 aliphatic carbocycles.